The fourth-order valence-electron chi connectivity index (χ4n) is 3.96. The van der Waals surface area contributed by atoms with Gasteiger partial charge < -0.3 is 14.9 Å². The number of carbonyl (C=O) groups excluding carboxylic acids is 2. The minimum absolute atomic E-state index is 0.0123. The van der Waals surface area contributed by atoms with E-state index in [1.54, 1.807) is 12.1 Å². The van der Waals surface area contributed by atoms with E-state index in [4.69, 9.17) is 0 Å². The van der Waals surface area contributed by atoms with E-state index in [1.165, 1.54) is 21.9 Å². The van der Waals surface area contributed by atoms with E-state index < -0.39 is 39.9 Å². The molecule has 0 spiro atoms. The van der Waals surface area contributed by atoms with Gasteiger partial charge in [0.05, 0.1) is 12.3 Å². The van der Waals surface area contributed by atoms with Gasteiger partial charge in [0.15, 0.2) is 0 Å². The van der Waals surface area contributed by atoms with Crippen molar-refractivity contribution in [2.75, 3.05) is 31.6 Å². The molecule has 2 aliphatic rings. The summed E-state index contributed by atoms with van der Waals surface area (Å²) in [6, 6.07) is 4.90. The highest BCUT2D eigenvalue weighted by Crippen LogP contribution is 2.27. The Hall–Kier alpha value is -2.69. The molecule has 0 unspecified atom stereocenters. The average molecular weight is 441 g/mol. The highest BCUT2D eigenvalue weighted by molar-refractivity contribution is 7.90. The first-order valence-electron chi connectivity index (χ1n) is 9.58. The van der Waals surface area contributed by atoms with Crippen LogP contribution in [0.15, 0.2) is 24.3 Å². The zero-order valence-corrected chi connectivity index (χ0v) is 17.3. The second-order valence-corrected chi connectivity index (χ2v) is 9.87. The number of nitrogens with zero attached hydrogens (tertiary/aromatic N) is 3. The van der Waals surface area contributed by atoms with Gasteiger partial charge in [0.2, 0.25) is 11.8 Å². The molecule has 3 amide bonds. The molecule has 1 aromatic rings. The Kier molecular flexibility index (Phi) is 6.30. The van der Waals surface area contributed by atoms with E-state index in [9.17, 15) is 32.3 Å². The summed E-state index contributed by atoms with van der Waals surface area (Å²) in [5.74, 6) is -1.49. The Bertz CT molecular complexity index is 953. The molecule has 11 heteroatoms. The summed E-state index contributed by atoms with van der Waals surface area (Å²) in [6.07, 6.45) is -0.868. The smallest absolute Gasteiger partial charge is 0.409 e. The fourth-order valence-corrected chi connectivity index (χ4v) is 4.62. The quantitative estimate of drug-likeness (QED) is 0.690. The van der Waals surface area contributed by atoms with E-state index in [-0.39, 0.29) is 44.1 Å². The first-order valence-corrected chi connectivity index (χ1v) is 11.6. The summed E-state index contributed by atoms with van der Waals surface area (Å²) in [6.45, 7) is 0.200. The third-order valence-corrected chi connectivity index (χ3v) is 6.40. The van der Waals surface area contributed by atoms with Gasteiger partial charge in [-0.25, -0.2) is 17.6 Å². The van der Waals surface area contributed by atoms with Crippen molar-refractivity contribution in [1.82, 2.24) is 14.7 Å². The maximum absolute atomic E-state index is 13.4. The van der Waals surface area contributed by atoms with Crippen molar-refractivity contribution in [2.45, 2.75) is 31.5 Å². The molecule has 0 aliphatic carbocycles. The van der Waals surface area contributed by atoms with Crippen LogP contribution in [0.25, 0.3) is 0 Å². The van der Waals surface area contributed by atoms with Crippen molar-refractivity contribution in [3.05, 3.63) is 35.6 Å². The predicted octanol–water partition coefficient (Wildman–Crippen LogP) is 0.552. The van der Waals surface area contributed by atoms with Gasteiger partial charge in [-0.2, -0.15) is 0 Å². The molecule has 3 rings (SSSR count). The number of hydrogen-bond donors (Lipinski definition) is 1. The van der Waals surface area contributed by atoms with Gasteiger partial charge in [0.1, 0.15) is 27.9 Å². The second kappa shape index (κ2) is 8.58. The largest absolute Gasteiger partial charge is 0.465 e. The number of hydrogen-bond acceptors (Lipinski definition) is 5. The number of rotatable bonds is 6. The molecular formula is C19H24FN3O6S. The van der Waals surface area contributed by atoms with Crippen LogP contribution in [0, 0.1) is 5.82 Å². The highest BCUT2D eigenvalue weighted by atomic mass is 32.2. The van der Waals surface area contributed by atoms with Crippen molar-refractivity contribution in [2.24, 2.45) is 0 Å². The first kappa shape index (κ1) is 22.0. The normalized spacial score (nSPS) is 22.3. The second-order valence-electron chi connectivity index (χ2n) is 7.61. The summed E-state index contributed by atoms with van der Waals surface area (Å²) in [7, 11) is -3.39. The van der Waals surface area contributed by atoms with Crippen molar-refractivity contribution in [1.29, 1.82) is 0 Å². The minimum Gasteiger partial charge on any atom is -0.465 e. The number of piperazine rings is 1. The van der Waals surface area contributed by atoms with Crippen molar-refractivity contribution >= 4 is 27.7 Å². The molecule has 1 N–H and O–H groups in total. The number of carboxylic acid groups (broad SMARTS) is 1. The van der Waals surface area contributed by atoms with Gasteiger partial charge >= 0.3 is 6.09 Å². The SMILES string of the molecule is CS(=O)(=O)CC[C@H]1C(=O)N(CCc2cccc(F)c2)C[C@@H]2N(C(=O)O)CCC(=O)N21. The van der Waals surface area contributed by atoms with Crippen LogP contribution in [-0.4, -0.2) is 90.0 Å². The summed E-state index contributed by atoms with van der Waals surface area (Å²) in [5.41, 5.74) is 0.674. The Morgan fingerprint density at radius 1 is 1.30 bits per heavy atom. The zero-order valence-electron chi connectivity index (χ0n) is 16.5. The van der Waals surface area contributed by atoms with Crippen molar-refractivity contribution in [3.63, 3.8) is 0 Å². The topological polar surface area (TPSA) is 115 Å². The summed E-state index contributed by atoms with van der Waals surface area (Å²) < 4.78 is 36.7. The van der Waals surface area contributed by atoms with Crippen LogP contribution in [-0.2, 0) is 25.8 Å². The number of fused-ring (bicyclic) bond motifs is 1. The van der Waals surface area contributed by atoms with Gasteiger partial charge in [-0.1, -0.05) is 12.1 Å². The fraction of sp³-hybridized carbons (Fsp3) is 0.526. The molecule has 2 aliphatic heterocycles. The molecule has 2 heterocycles. The van der Waals surface area contributed by atoms with Crippen LogP contribution >= 0.6 is 0 Å². The van der Waals surface area contributed by atoms with Gasteiger partial charge in [-0.15, -0.1) is 0 Å². The lowest BCUT2D eigenvalue weighted by Crippen LogP contribution is -2.71. The van der Waals surface area contributed by atoms with Crippen LogP contribution in [0.5, 0.6) is 0 Å². The number of carbonyl (C=O) groups is 3. The average Bonchev–Trinajstić information content (AvgIpc) is 2.65. The molecule has 30 heavy (non-hydrogen) atoms. The van der Waals surface area contributed by atoms with Crippen LogP contribution in [0.4, 0.5) is 9.18 Å². The van der Waals surface area contributed by atoms with Crippen LogP contribution < -0.4 is 0 Å². The summed E-state index contributed by atoms with van der Waals surface area (Å²) in [4.78, 5) is 41.1. The van der Waals surface area contributed by atoms with E-state index in [1.807, 2.05) is 0 Å². The van der Waals surface area contributed by atoms with E-state index in [0.29, 0.717) is 12.0 Å². The molecule has 2 atom stereocenters. The Balaban J connectivity index is 1.85. The Morgan fingerprint density at radius 3 is 2.67 bits per heavy atom. The van der Waals surface area contributed by atoms with Crippen molar-refractivity contribution in [3.8, 4) is 0 Å². The molecule has 0 radical (unpaired) electrons. The molecule has 0 bridgehead atoms. The molecule has 2 fully saturated rings. The maximum Gasteiger partial charge on any atom is 0.409 e. The number of amides is 3. The minimum atomic E-state index is -3.39. The monoisotopic (exact) mass is 441 g/mol. The van der Waals surface area contributed by atoms with Crippen molar-refractivity contribution < 1.29 is 32.3 Å². The lowest BCUT2D eigenvalue weighted by Gasteiger charge is -2.51. The Labute approximate surface area is 174 Å². The number of sulfone groups is 1. The van der Waals surface area contributed by atoms with E-state index in [0.717, 1.165) is 11.2 Å². The Morgan fingerprint density at radius 2 is 2.03 bits per heavy atom. The number of halogens is 1. The molecule has 1 aromatic carbocycles. The van der Waals surface area contributed by atoms with E-state index in [2.05, 4.69) is 0 Å². The first-order chi connectivity index (χ1) is 14.1. The van der Waals surface area contributed by atoms with Crippen LogP contribution in [0.3, 0.4) is 0 Å². The molecule has 0 saturated carbocycles. The summed E-state index contributed by atoms with van der Waals surface area (Å²) in [5, 5.41) is 9.55. The predicted molar refractivity (Wildman–Crippen MR) is 105 cm³/mol. The summed E-state index contributed by atoms with van der Waals surface area (Å²) >= 11 is 0. The van der Waals surface area contributed by atoms with Gasteiger partial charge in [-0.05, 0) is 30.5 Å². The lowest BCUT2D eigenvalue weighted by atomic mass is 10.0. The molecule has 0 aromatic heterocycles. The zero-order chi connectivity index (χ0) is 22.1. The molecule has 164 valence electrons. The maximum atomic E-state index is 13.4. The van der Waals surface area contributed by atoms with E-state index >= 15 is 0 Å². The van der Waals surface area contributed by atoms with Gasteiger partial charge in [0, 0.05) is 25.8 Å². The van der Waals surface area contributed by atoms with Gasteiger partial charge in [-0.3, -0.25) is 14.5 Å². The number of benzene rings is 1. The third kappa shape index (κ3) is 4.89. The van der Waals surface area contributed by atoms with Crippen LogP contribution in [0.1, 0.15) is 18.4 Å². The highest BCUT2D eigenvalue weighted by Gasteiger charge is 2.48. The molecule has 9 nitrogen and oxygen atoms in total. The molecular weight excluding hydrogens is 417 g/mol. The third-order valence-electron chi connectivity index (χ3n) is 5.42. The van der Waals surface area contributed by atoms with Gasteiger partial charge in [0.25, 0.3) is 0 Å². The lowest BCUT2D eigenvalue weighted by molar-refractivity contribution is -0.167. The molecule has 2 saturated heterocycles. The van der Waals surface area contributed by atoms with Crippen LogP contribution in [0.2, 0.25) is 0 Å². The standard InChI is InChI=1S/C19H24FN3O6S/c1-30(28,29)10-7-15-18(25)21(8-5-13-3-2-4-14(20)11-13)12-16-22(19(26)27)9-6-17(24)23(15)16/h2-4,11,15-16H,5-10,12H2,1H3,(H,26,27)/t15-,16+/m0/s1.